The number of hydrogen-bond donors (Lipinski definition) is 2. The molecule has 0 aromatic heterocycles. The van der Waals surface area contributed by atoms with Crippen molar-refractivity contribution in [2.75, 3.05) is 32.8 Å². The monoisotopic (exact) mass is 321 g/mol. The molecule has 130 valence electrons. The highest BCUT2D eigenvalue weighted by molar-refractivity contribution is 5.12. The van der Waals surface area contributed by atoms with Gasteiger partial charge >= 0.3 is 0 Å². The minimum Gasteiger partial charge on any atom is -0.512 e. The van der Waals surface area contributed by atoms with Gasteiger partial charge in [-0.25, -0.2) is 0 Å². The predicted octanol–water partition coefficient (Wildman–Crippen LogP) is 3.43. The molecule has 23 heavy (non-hydrogen) atoms. The lowest BCUT2D eigenvalue weighted by atomic mass is 9.80. The van der Waals surface area contributed by atoms with Crippen molar-refractivity contribution in [3.05, 3.63) is 49.0 Å². The number of aliphatic hydroxyl groups excluding tert-OH is 2. The highest BCUT2D eigenvalue weighted by Crippen LogP contribution is 2.34. The maximum Gasteiger partial charge on any atom is 0.111 e. The van der Waals surface area contributed by atoms with Crippen LogP contribution < -0.4 is 0 Å². The van der Waals surface area contributed by atoms with Gasteiger partial charge in [-0.05, 0) is 31.4 Å². The van der Waals surface area contributed by atoms with Gasteiger partial charge in [-0.3, -0.25) is 4.90 Å². The van der Waals surface area contributed by atoms with Crippen LogP contribution in [0.1, 0.15) is 26.2 Å². The van der Waals surface area contributed by atoms with Crippen molar-refractivity contribution in [2.24, 2.45) is 11.8 Å². The van der Waals surface area contributed by atoms with Crippen LogP contribution in [0, 0.1) is 11.8 Å². The van der Waals surface area contributed by atoms with Gasteiger partial charge in [0.1, 0.15) is 5.76 Å². The molecule has 0 amide bonds. The Morgan fingerprint density at radius 1 is 1.52 bits per heavy atom. The molecule has 4 nitrogen and oxygen atoms in total. The van der Waals surface area contributed by atoms with Gasteiger partial charge in [-0.15, -0.1) is 6.58 Å². The Morgan fingerprint density at radius 3 is 2.83 bits per heavy atom. The molecule has 0 saturated carbocycles. The predicted molar refractivity (Wildman–Crippen MR) is 95.2 cm³/mol. The normalized spacial score (nSPS) is 18.6. The molecule has 0 heterocycles. The molecule has 1 aliphatic rings. The number of aliphatic hydroxyl groups is 2. The number of allylic oxidation sites excluding steroid dienone is 3. The Labute approximate surface area is 140 Å². The van der Waals surface area contributed by atoms with E-state index in [1.165, 1.54) is 0 Å². The first-order valence-corrected chi connectivity index (χ1v) is 8.43. The zero-order valence-electron chi connectivity index (χ0n) is 14.3. The second-order valence-corrected chi connectivity index (χ2v) is 5.92. The van der Waals surface area contributed by atoms with Crippen molar-refractivity contribution >= 4 is 0 Å². The van der Waals surface area contributed by atoms with Crippen LogP contribution in [-0.2, 0) is 4.74 Å². The van der Waals surface area contributed by atoms with Gasteiger partial charge in [-0.1, -0.05) is 25.7 Å². The summed E-state index contributed by atoms with van der Waals surface area (Å²) in [6.07, 6.45) is 10.4. The molecule has 0 aromatic rings. The van der Waals surface area contributed by atoms with Gasteiger partial charge in [-0.2, -0.15) is 0 Å². The maximum absolute atomic E-state index is 9.63. The van der Waals surface area contributed by atoms with Gasteiger partial charge in [0.15, 0.2) is 0 Å². The third kappa shape index (κ3) is 7.06. The van der Waals surface area contributed by atoms with E-state index in [0.29, 0.717) is 30.6 Å². The topological polar surface area (TPSA) is 52.9 Å². The van der Waals surface area contributed by atoms with Crippen molar-refractivity contribution in [2.45, 2.75) is 26.2 Å². The third-order valence-electron chi connectivity index (χ3n) is 4.26. The smallest absolute Gasteiger partial charge is 0.111 e. The molecule has 0 fully saturated rings. The summed E-state index contributed by atoms with van der Waals surface area (Å²) in [5.74, 6) is 1.76. The van der Waals surface area contributed by atoms with Gasteiger partial charge in [0.05, 0.1) is 19.0 Å². The fourth-order valence-electron chi connectivity index (χ4n) is 2.66. The fourth-order valence-corrected chi connectivity index (χ4v) is 2.66. The molecule has 0 aromatic carbocycles. The molecule has 1 aliphatic carbocycles. The van der Waals surface area contributed by atoms with Crippen molar-refractivity contribution in [1.29, 1.82) is 0 Å². The van der Waals surface area contributed by atoms with Crippen LogP contribution in [0.25, 0.3) is 0 Å². The van der Waals surface area contributed by atoms with Crippen molar-refractivity contribution in [3.63, 3.8) is 0 Å². The average Bonchev–Trinajstić information content (AvgIpc) is 2.54. The second kappa shape index (κ2) is 11.1. The van der Waals surface area contributed by atoms with E-state index in [4.69, 9.17) is 9.84 Å². The average molecular weight is 321 g/mol. The highest BCUT2D eigenvalue weighted by Gasteiger charge is 2.29. The van der Waals surface area contributed by atoms with E-state index in [1.54, 1.807) is 0 Å². The SMILES string of the molecule is C=CCN(CCO)CC/C=C/C(=C)OCC(CC)C1CC=C1O. The van der Waals surface area contributed by atoms with Crippen molar-refractivity contribution < 1.29 is 14.9 Å². The summed E-state index contributed by atoms with van der Waals surface area (Å²) in [6.45, 7) is 12.8. The first-order chi connectivity index (χ1) is 11.1. The van der Waals surface area contributed by atoms with Gasteiger partial charge in [0.25, 0.3) is 0 Å². The first-order valence-electron chi connectivity index (χ1n) is 8.43. The van der Waals surface area contributed by atoms with Crippen LogP contribution in [0.3, 0.4) is 0 Å². The molecule has 0 saturated heterocycles. The minimum absolute atomic E-state index is 0.161. The molecule has 4 heteroatoms. The maximum atomic E-state index is 9.63. The fraction of sp³-hybridized carbons (Fsp3) is 0.579. The van der Waals surface area contributed by atoms with E-state index in [-0.39, 0.29) is 12.5 Å². The Bertz CT molecular complexity index is 428. The van der Waals surface area contributed by atoms with Crippen LogP contribution in [-0.4, -0.2) is 48.0 Å². The zero-order valence-corrected chi connectivity index (χ0v) is 14.3. The standard InChI is InChI=1S/C19H31NO3/c1-4-11-20(13-14-21)12-7-6-8-16(3)23-15-17(5-2)18-9-10-19(18)22/h4,6,8,10,17-18,21-22H,1,3,5,7,9,11-15H2,2H3/b8-6+. The molecule has 2 unspecified atom stereocenters. The van der Waals surface area contributed by atoms with Crippen LogP contribution >= 0.6 is 0 Å². The summed E-state index contributed by atoms with van der Waals surface area (Å²) >= 11 is 0. The van der Waals surface area contributed by atoms with Crippen LogP contribution in [0.15, 0.2) is 49.0 Å². The lowest BCUT2D eigenvalue weighted by Crippen LogP contribution is -2.27. The van der Waals surface area contributed by atoms with Gasteiger partial charge in [0.2, 0.25) is 0 Å². The van der Waals surface area contributed by atoms with Crippen LogP contribution in [0.5, 0.6) is 0 Å². The summed E-state index contributed by atoms with van der Waals surface area (Å²) in [7, 11) is 0. The van der Waals surface area contributed by atoms with Gasteiger partial charge in [0, 0.05) is 31.5 Å². The Balaban J connectivity index is 2.24. The van der Waals surface area contributed by atoms with E-state index in [9.17, 15) is 5.11 Å². The van der Waals surface area contributed by atoms with Crippen LogP contribution in [0.4, 0.5) is 0 Å². The van der Waals surface area contributed by atoms with E-state index in [0.717, 1.165) is 32.4 Å². The van der Waals surface area contributed by atoms with Crippen molar-refractivity contribution in [1.82, 2.24) is 4.90 Å². The Hall–Kier alpha value is -1.52. The number of ether oxygens (including phenoxy) is 1. The molecule has 0 aliphatic heterocycles. The number of nitrogens with zero attached hydrogens (tertiary/aromatic N) is 1. The quantitative estimate of drug-likeness (QED) is 0.310. The zero-order chi connectivity index (χ0) is 17.1. The highest BCUT2D eigenvalue weighted by atomic mass is 16.5. The summed E-state index contributed by atoms with van der Waals surface area (Å²) in [6, 6.07) is 0. The summed E-state index contributed by atoms with van der Waals surface area (Å²) in [5, 5.41) is 18.6. The largest absolute Gasteiger partial charge is 0.512 e. The third-order valence-corrected chi connectivity index (χ3v) is 4.26. The molecule has 0 radical (unpaired) electrons. The summed E-state index contributed by atoms with van der Waals surface area (Å²) < 4.78 is 5.71. The molecular formula is C19H31NO3. The van der Waals surface area contributed by atoms with E-state index in [2.05, 4.69) is 25.0 Å². The molecule has 2 N–H and O–H groups in total. The Kier molecular flexibility index (Phi) is 9.41. The molecular weight excluding hydrogens is 290 g/mol. The molecule has 0 spiro atoms. The van der Waals surface area contributed by atoms with E-state index >= 15 is 0 Å². The molecule has 1 rings (SSSR count). The lowest BCUT2D eigenvalue weighted by Gasteiger charge is -2.30. The van der Waals surface area contributed by atoms with Gasteiger partial charge < -0.3 is 14.9 Å². The summed E-state index contributed by atoms with van der Waals surface area (Å²) in [5.41, 5.74) is 0. The van der Waals surface area contributed by atoms with Crippen molar-refractivity contribution in [3.8, 4) is 0 Å². The Morgan fingerprint density at radius 2 is 2.30 bits per heavy atom. The molecule has 0 bridgehead atoms. The summed E-state index contributed by atoms with van der Waals surface area (Å²) in [4.78, 5) is 2.14. The first kappa shape index (κ1) is 19.5. The van der Waals surface area contributed by atoms with E-state index in [1.807, 2.05) is 24.3 Å². The lowest BCUT2D eigenvalue weighted by molar-refractivity contribution is 0.117. The van der Waals surface area contributed by atoms with E-state index < -0.39 is 0 Å². The second-order valence-electron chi connectivity index (χ2n) is 5.92. The molecule has 2 atom stereocenters. The number of hydrogen-bond acceptors (Lipinski definition) is 4. The number of rotatable bonds is 13. The minimum atomic E-state index is 0.161. The van der Waals surface area contributed by atoms with Crippen LogP contribution in [0.2, 0.25) is 0 Å².